The summed E-state index contributed by atoms with van der Waals surface area (Å²) in [6.07, 6.45) is 0. The van der Waals surface area contributed by atoms with Crippen molar-refractivity contribution >= 4 is 17.4 Å². The molecule has 164 valence electrons. The lowest BCUT2D eigenvalue weighted by molar-refractivity contribution is 0.437. The van der Waals surface area contributed by atoms with Gasteiger partial charge < -0.3 is 10.0 Å². The van der Waals surface area contributed by atoms with Gasteiger partial charge >= 0.3 is 0 Å². The van der Waals surface area contributed by atoms with E-state index < -0.39 is 0 Å². The molecule has 3 rings (SSSR count). The summed E-state index contributed by atoms with van der Waals surface area (Å²) in [5, 5.41) is 11.2. The molecule has 0 spiro atoms. The van der Waals surface area contributed by atoms with E-state index in [9.17, 15) is 5.11 Å². The zero-order chi connectivity index (χ0) is 22.8. The van der Waals surface area contributed by atoms with Crippen LogP contribution in [0.2, 0.25) is 0 Å². The molecular weight excluding hydrogens is 398 g/mol. The molecule has 0 aliphatic rings. The Morgan fingerprint density at radius 1 is 0.806 bits per heavy atom. The van der Waals surface area contributed by atoms with Crippen LogP contribution in [0.1, 0.15) is 58.2 Å². The van der Waals surface area contributed by atoms with E-state index >= 15 is 0 Å². The van der Waals surface area contributed by atoms with Gasteiger partial charge in [0.1, 0.15) is 5.75 Å². The largest absolute Gasteiger partial charge is 0.507 e. The second-order valence-corrected chi connectivity index (χ2v) is 11.4. The smallest absolute Gasteiger partial charge is 0.124 e. The number of anilines is 1. The summed E-state index contributed by atoms with van der Waals surface area (Å²) in [5.41, 5.74) is 4.29. The van der Waals surface area contributed by atoms with E-state index in [0.29, 0.717) is 12.3 Å². The van der Waals surface area contributed by atoms with Gasteiger partial charge in [0.05, 0.1) is 5.69 Å². The van der Waals surface area contributed by atoms with E-state index in [1.54, 1.807) is 11.8 Å². The Balaban J connectivity index is 1.98. The van der Waals surface area contributed by atoms with Crippen LogP contribution >= 0.6 is 11.8 Å². The molecule has 0 aromatic heterocycles. The topological polar surface area (TPSA) is 23.5 Å². The highest BCUT2D eigenvalue weighted by Crippen LogP contribution is 2.40. The van der Waals surface area contributed by atoms with Crippen LogP contribution < -0.4 is 4.90 Å². The van der Waals surface area contributed by atoms with Crippen molar-refractivity contribution in [3.63, 3.8) is 0 Å². The highest BCUT2D eigenvalue weighted by Gasteiger charge is 2.25. The molecule has 1 N–H and O–H groups in total. The normalized spacial score (nSPS) is 12.1. The number of phenols is 1. The first-order chi connectivity index (χ1) is 14.5. The van der Waals surface area contributed by atoms with E-state index in [4.69, 9.17) is 0 Å². The van der Waals surface area contributed by atoms with Gasteiger partial charge in [0.15, 0.2) is 0 Å². The number of para-hydroxylation sites is 1. The maximum atomic E-state index is 11.2. The number of benzene rings is 3. The molecule has 0 atom stereocenters. The third kappa shape index (κ3) is 5.65. The molecule has 0 aliphatic heterocycles. The predicted octanol–water partition coefficient (Wildman–Crippen LogP) is 7.77. The second kappa shape index (κ2) is 9.00. The molecular formula is C28H35NOS. The third-order valence-electron chi connectivity index (χ3n) is 5.52. The average Bonchev–Trinajstić information content (AvgIpc) is 2.69. The van der Waals surface area contributed by atoms with Crippen molar-refractivity contribution < 1.29 is 5.11 Å². The molecule has 3 aromatic carbocycles. The third-order valence-corrected chi connectivity index (χ3v) is 6.59. The molecule has 3 aromatic rings. The number of hydrogen-bond donors (Lipinski definition) is 1. The monoisotopic (exact) mass is 433 g/mol. The fraction of sp³-hybridized carbons (Fsp3) is 0.357. The van der Waals surface area contributed by atoms with Crippen molar-refractivity contribution in [3.8, 4) is 5.75 Å². The lowest BCUT2D eigenvalue weighted by Gasteiger charge is -2.29. The van der Waals surface area contributed by atoms with Crippen LogP contribution in [0.4, 0.5) is 5.69 Å². The van der Waals surface area contributed by atoms with Crippen molar-refractivity contribution in [2.75, 3.05) is 11.9 Å². The van der Waals surface area contributed by atoms with Gasteiger partial charge in [-0.05, 0) is 52.3 Å². The summed E-state index contributed by atoms with van der Waals surface area (Å²) < 4.78 is 0. The van der Waals surface area contributed by atoms with Crippen LogP contribution in [0.25, 0.3) is 0 Å². The Morgan fingerprint density at radius 2 is 1.42 bits per heavy atom. The van der Waals surface area contributed by atoms with E-state index in [-0.39, 0.29) is 10.8 Å². The van der Waals surface area contributed by atoms with Crippen LogP contribution in [-0.4, -0.2) is 12.2 Å². The summed E-state index contributed by atoms with van der Waals surface area (Å²) in [7, 11) is 2.10. The van der Waals surface area contributed by atoms with Crippen LogP contribution in [0.15, 0.2) is 76.5 Å². The second-order valence-electron chi connectivity index (χ2n) is 10.3. The average molecular weight is 434 g/mol. The van der Waals surface area contributed by atoms with Crippen molar-refractivity contribution in [3.05, 3.63) is 83.4 Å². The maximum absolute atomic E-state index is 11.2. The fourth-order valence-electron chi connectivity index (χ4n) is 3.63. The molecule has 0 saturated heterocycles. The Kier molecular flexibility index (Phi) is 6.76. The minimum absolute atomic E-state index is 0.0160. The first-order valence-corrected chi connectivity index (χ1v) is 11.7. The first kappa shape index (κ1) is 23.3. The number of hydrogen-bond acceptors (Lipinski definition) is 3. The van der Waals surface area contributed by atoms with Gasteiger partial charge in [-0.25, -0.2) is 0 Å². The number of phenolic OH excluding ortho intramolecular Hbond substituents is 1. The van der Waals surface area contributed by atoms with Crippen LogP contribution in [0.3, 0.4) is 0 Å². The summed E-state index contributed by atoms with van der Waals surface area (Å²) in [6.45, 7) is 13.8. The first-order valence-electron chi connectivity index (χ1n) is 10.9. The van der Waals surface area contributed by atoms with Gasteiger partial charge in [0.25, 0.3) is 0 Å². The molecule has 0 unspecified atom stereocenters. The molecule has 3 heteroatoms. The molecule has 0 aliphatic carbocycles. The summed E-state index contributed by atoms with van der Waals surface area (Å²) in [6, 6.07) is 23.3. The van der Waals surface area contributed by atoms with Gasteiger partial charge in [-0.15, -0.1) is 0 Å². The standard InChI is InChI=1S/C28H35NOS/c1-27(2,3)21-17-20(26(30)23(18-21)28(4,5)6)19-29(7)24-15-11-12-16-25(24)31-22-13-9-8-10-14-22/h8-18,30H,19H2,1-7H3. The highest BCUT2D eigenvalue weighted by molar-refractivity contribution is 7.99. The molecule has 0 bridgehead atoms. The molecule has 31 heavy (non-hydrogen) atoms. The Labute approximate surface area is 192 Å². The van der Waals surface area contributed by atoms with Crippen molar-refractivity contribution in [2.45, 2.75) is 68.7 Å². The maximum Gasteiger partial charge on any atom is 0.124 e. The SMILES string of the molecule is CN(Cc1cc(C(C)(C)C)cc(C(C)(C)C)c1O)c1ccccc1Sc1ccccc1. The Hall–Kier alpha value is -2.39. The summed E-state index contributed by atoms with van der Waals surface area (Å²) in [4.78, 5) is 4.66. The predicted molar refractivity (Wildman–Crippen MR) is 135 cm³/mol. The van der Waals surface area contributed by atoms with Crippen LogP contribution in [0, 0.1) is 0 Å². The lowest BCUT2D eigenvalue weighted by atomic mass is 9.79. The zero-order valence-electron chi connectivity index (χ0n) is 19.9. The Bertz CT molecular complexity index is 1030. The molecule has 0 saturated carbocycles. The van der Waals surface area contributed by atoms with E-state index in [0.717, 1.165) is 16.8 Å². The number of aromatic hydroxyl groups is 1. The van der Waals surface area contributed by atoms with Gasteiger partial charge in [-0.3, -0.25) is 0 Å². The van der Waals surface area contributed by atoms with Gasteiger partial charge in [0, 0.05) is 28.9 Å². The van der Waals surface area contributed by atoms with Crippen LogP contribution in [0.5, 0.6) is 5.75 Å². The minimum Gasteiger partial charge on any atom is -0.507 e. The zero-order valence-corrected chi connectivity index (χ0v) is 20.7. The fourth-order valence-corrected chi connectivity index (χ4v) is 4.66. The highest BCUT2D eigenvalue weighted by atomic mass is 32.2. The van der Waals surface area contributed by atoms with Gasteiger partial charge in [-0.2, -0.15) is 0 Å². The van der Waals surface area contributed by atoms with Gasteiger partial charge in [0.2, 0.25) is 0 Å². The number of nitrogens with zero attached hydrogens (tertiary/aromatic N) is 1. The van der Waals surface area contributed by atoms with Crippen LogP contribution in [-0.2, 0) is 17.4 Å². The summed E-state index contributed by atoms with van der Waals surface area (Å²) >= 11 is 1.77. The van der Waals surface area contributed by atoms with E-state index in [1.165, 1.54) is 15.4 Å². The molecule has 0 amide bonds. The number of rotatable bonds is 5. The van der Waals surface area contributed by atoms with Crippen molar-refractivity contribution in [2.24, 2.45) is 0 Å². The van der Waals surface area contributed by atoms with Crippen molar-refractivity contribution in [1.82, 2.24) is 0 Å². The Morgan fingerprint density at radius 3 is 2.03 bits per heavy atom. The molecule has 0 fully saturated rings. The molecule has 2 nitrogen and oxygen atoms in total. The molecule has 0 radical (unpaired) electrons. The summed E-state index contributed by atoms with van der Waals surface area (Å²) in [5.74, 6) is 0.417. The van der Waals surface area contributed by atoms with E-state index in [1.807, 2.05) is 6.07 Å². The minimum atomic E-state index is -0.125. The van der Waals surface area contributed by atoms with Gasteiger partial charge in [-0.1, -0.05) is 89.7 Å². The van der Waals surface area contributed by atoms with E-state index in [2.05, 4.69) is 114 Å². The quantitative estimate of drug-likeness (QED) is 0.444. The lowest BCUT2D eigenvalue weighted by Crippen LogP contribution is -2.21. The molecule has 0 heterocycles. The van der Waals surface area contributed by atoms with Crippen molar-refractivity contribution in [1.29, 1.82) is 0 Å².